The molecule has 1 aromatic carbocycles. The summed E-state index contributed by atoms with van der Waals surface area (Å²) in [5, 5.41) is 0. The zero-order chi connectivity index (χ0) is 16.9. The molecule has 3 rings (SSSR count). The van der Waals surface area contributed by atoms with Gasteiger partial charge in [0.1, 0.15) is 6.10 Å². The lowest BCUT2D eigenvalue weighted by Gasteiger charge is -2.21. The summed E-state index contributed by atoms with van der Waals surface area (Å²) in [5.74, 6) is 0.465. The van der Waals surface area contributed by atoms with E-state index in [9.17, 15) is 4.79 Å². The van der Waals surface area contributed by atoms with Gasteiger partial charge in [0.25, 0.3) is 5.91 Å². The predicted molar refractivity (Wildman–Crippen MR) is 92.6 cm³/mol. The molecule has 2 heterocycles. The normalized spacial score (nSPS) is 16.8. The van der Waals surface area contributed by atoms with Gasteiger partial charge in [-0.2, -0.15) is 0 Å². The highest BCUT2D eigenvalue weighted by Gasteiger charge is 2.19. The van der Waals surface area contributed by atoms with Crippen molar-refractivity contribution in [1.82, 2.24) is 4.98 Å². The highest BCUT2D eigenvalue weighted by molar-refractivity contribution is 6.05. The molecule has 1 aromatic heterocycles. The Morgan fingerprint density at radius 2 is 2.25 bits per heavy atom. The Labute approximate surface area is 142 Å². The maximum absolute atomic E-state index is 12.8. The van der Waals surface area contributed by atoms with Crippen LogP contribution in [0.15, 0.2) is 42.6 Å². The van der Waals surface area contributed by atoms with Gasteiger partial charge in [-0.3, -0.25) is 4.79 Å². The van der Waals surface area contributed by atoms with Crippen LogP contribution in [0.2, 0.25) is 0 Å². The van der Waals surface area contributed by atoms with E-state index in [2.05, 4.69) is 4.98 Å². The van der Waals surface area contributed by atoms with Crippen molar-refractivity contribution < 1.29 is 14.3 Å². The second-order valence-corrected chi connectivity index (χ2v) is 5.88. The average Bonchev–Trinajstić information content (AvgIpc) is 3.09. The Hall–Kier alpha value is -2.40. The van der Waals surface area contributed by atoms with E-state index in [0.717, 1.165) is 24.3 Å². The summed E-state index contributed by atoms with van der Waals surface area (Å²) in [7, 11) is 0. The number of hydrogen-bond donors (Lipinski definition) is 0. The second kappa shape index (κ2) is 7.45. The van der Waals surface area contributed by atoms with Gasteiger partial charge >= 0.3 is 0 Å². The Kier molecular flexibility index (Phi) is 5.11. The molecule has 5 heteroatoms. The molecule has 1 unspecified atom stereocenters. The van der Waals surface area contributed by atoms with E-state index in [1.165, 1.54) is 0 Å². The number of nitrogens with zero attached hydrogens (tertiary/aromatic N) is 2. The third-order valence-corrected chi connectivity index (χ3v) is 4.03. The minimum atomic E-state index is -0.0636. The van der Waals surface area contributed by atoms with Crippen LogP contribution in [0.3, 0.4) is 0 Å². The maximum Gasteiger partial charge on any atom is 0.259 e. The van der Waals surface area contributed by atoms with Crippen LogP contribution in [0.1, 0.15) is 29.3 Å². The van der Waals surface area contributed by atoms with Crippen LogP contribution in [-0.4, -0.2) is 36.8 Å². The minimum absolute atomic E-state index is 0.0542. The van der Waals surface area contributed by atoms with Crippen molar-refractivity contribution in [2.75, 3.05) is 24.7 Å². The fraction of sp³-hybridized carbons (Fsp3) is 0.368. The minimum Gasteiger partial charge on any atom is -0.472 e. The summed E-state index contributed by atoms with van der Waals surface area (Å²) in [6.45, 7) is 5.90. The number of aryl methyl sites for hydroxylation is 1. The number of pyridine rings is 1. The molecule has 2 aromatic rings. The molecule has 0 N–H and O–H groups in total. The molecule has 1 fully saturated rings. The highest BCUT2D eigenvalue weighted by atomic mass is 16.5. The predicted octanol–water partition coefficient (Wildman–Crippen LogP) is 3.22. The summed E-state index contributed by atoms with van der Waals surface area (Å²) in [4.78, 5) is 18.8. The van der Waals surface area contributed by atoms with Crippen molar-refractivity contribution in [3.8, 4) is 5.88 Å². The van der Waals surface area contributed by atoms with Crippen LogP contribution in [-0.2, 0) is 4.74 Å². The van der Waals surface area contributed by atoms with Gasteiger partial charge < -0.3 is 14.4 Å². The number of carbonyl (C=O) groups is 1. The molecular formula is C19H22N2O3. The number of carbonyl (C=O) groups excluding carboxylic acids is 1. The number of anilines is 1. The molecular weight excluding hydrogens is 304 g/mol. The number of amides is 1. The molecule has 0 bridgehead atoms. The van der Waals surface area contributed by atoms with Crippen LogP contribution >= 0.6 is 0 Å². The fourth-order valence-electron chi connectivity index (χ4n) is 2.75. The lowest BCUT2D eigenvalue weighted by Crippen LogP contribution is -2.30. The third kappa shape index (κ3) is 3.74. The standard InChI is InChI=1S/C19H22N2O3/c1-3-21(16-6-4-5-14(2)11-16)19(22)15-7-8-18(20-12-15)24-17-9-10-23-13-17/h4-8,11-12,17H,3,9-10,13H2,1-2H3. The van der Waals surface area contributed by atoms with E-state index in [1.807, 2.05) is 38.1 Å². The highest BCUT2D eigenvalue weighted by Crippen LogP contribution is 2.20. The molecule has 0 spiro atoms. The first-order valence-electron chi connectivity index (χ1n) is 8.26. The SMILES string of the molecule is CCN(C(=O)c1ccc(OC2CCOC2)nc1)c1cccc(C)c1. The Bertz CT molecular complexity index is 694. The molecule has 5 nitrogen and oxygen atoms in total. The molecule has 0 aliphatic carbocycles. The van der Waals surface area contributed by atoms with Gasteiger partial charge in [-0.15, -0.1) is 0 Å². The average molecular weight is 326 g/mol. The van der Waals surface area contributed by atoms with Crippen molar-refractivity contribution in [3.63, 3.8) is 0 Å². The quantitative estimate of drug-likeness (QED) is 0.846. The van der Waals surface area contributed by atoms with E-state index >= 15 is 0 Å². The van der Waals surface area contributed by atoms with Crippen molar-refractivity contribution in [1.29, 1.82) is 0 Å². The summed E-state index contributed by atoms with van der Waals surface area (Å²) in [6, 6.07) is 11.4. The monoisotopic (exact) mass is 326 g/mol. The van der Waals surface area contributed by atoms with Crippen LogP contribution in [0.25, 0.3) is 0 Å². The van der Waals surface area contributed by atoms with Crippen molar-refractivity contribution in [3.05, 3.63) is 53.7 Å². The van der Waals surface area contributed by atoms with Gasteiger partial charge in [-0.25, -0.2) is 4.98 Å². The first kappa shape index (κ1) is 16.5. The first-order chi connectivity index (χ1) is 11.7. The van der Waals surface area contributed by atoms with E-state index in [1.54, 1.807) is 23.2 Å². The zero-order valence-corrected chi connectivity index (χ0v) is 14.1. The second-order valence-electron chi connectivity index (χ2n) is 5.88. The van der Waals surface area contributed by atoms with Gasteiger partial charge in [-0.1, -0.05) is 12.1 Å². The largest absolute Gasteiger partial charge is 0.472 e. The van der Waals surface area contributed by atoms with Crippen molar-refractivity contribution in [2.45, 2.75) is 26.4 Å². The summed E-state index contributed by atoms with van der Waals surface area (Å²) >= 11 is 0. The molecule has 1 aliphatic rings. The number of rotatable bonds is 5. The molecule has 24 heavy (non-hydrogen) atoms. The molecule has 1 saturated heterocycles. The van der Waals surface area contributed by atoms with E-state index in [4.69, 9.17) is 9.47 Å². The summed E-state index contributed by atoms with van der Waals surface area (Å²) in [6.07, 6.45) is 2.50. The van der Waals surface area contributed by atoms with E-state index < -0.39 is 0 Å². The van der Waals surface area contributed by atoms with E-state index in [0.29, 0.717) is 24.6 Å². The number of ether oxygens (including phenoxy) is 2. The van der Waals surface area contributed by atoms with E-state index in [-0.39, 0.29) is 12.0 Å². The summed E-state index contributed by atoms with van der Waals surface area (Å²) < 4.78 is 11.0. The lowest BCUT2D eigenvalue weighted by atomic mass is 10.2. The van der Waals surface area contributed by atoms with Crippen molar-refractivity contribution in [2.24, 2.45) is 0 Å². The molecule has 1 aliphatic heterocycles. The topological polar surface area (TPSA) is 51.7 Å². The molecule has 0 radical (unpaired) electrons. The molecule has 1 atom stereocenters. The first-order valence-corrected chi connectivity index (χ1v) is 8.26. The number of benzene rings is 1. The van der Waals surface area contributed by atoms with Gasteiger partial charge in [0.2, 0.25) is 5.88 Å². The smallest absolute Gasteiger partial charge is 0.259 e. The van der Waals surface area contributed by atoms with Crippen LogP contribution in [0.4, 0.5) is 5.69 Å². The van der Waals surface area contributed by atoms with Gasteiger partial charge in [0.15, 0.2) is 0 Å². The Morgan fingerprint density at radius 1 is 1.38 bits per heavy atom. The molecule has 126 valence electrons. The third-order valence-electron chi connectivity index (χ3n) is 4.03. The Morgan fingerprint density at radius 3 is 2.88 bits per heavy atom. The lowest BCUT2D eigenvalue weighted by molar-refractivity contribution is 0.0987. The van der Waals surface area contributed by atoms with Gasteiger partial charge in [0, 0.05) is 30.9 Å². The van der Waals surface area contributed by atoms with Gasteiger partial charge in [0.05, 0.1) is 18.8 Å². The van der Waals surface area contributed by atoms with Crippen LogP contribution in [0.5, 0.6) is 5.88 Å². The van der Waals surface area contributed by atoms with Gasteiger partial charge in [-0.05, 0) is 37.6 Å². The molecule has 0 saturated carbocycles. The van der Waals surface area contributed by atoms with Crippen molar-refractivity contribution >= 4 is 11.6 Å². The maximum atomic E-state index is 12.8. The summed E-state index contributed by atoms with van der Waals surface area (Å²) in [5.41, 5.74) is 2.57. The number of aromatic nitrogens is 1. The Balaban J connectivity index is 1.73. The zero-order valence-electron chi connectivity index (χ0n) is 14.1. The molecule has 1 amide bonds. The fourth-order valence-corrected chi connectivity index (χ4v) is 2.75. The van der Waals surface area contributed by atoms with Crippen LogP contribution in [0, 0.1) is 6.92 Å². The van der Waals surface area contributed by atoms with Crippen LogP contribution < -0.4 is 9.64 Å². The number of hydrogen-bond acceptors (Lipinski definition) is 4.